The van der Waals surface area contributed by atoms with Gasteiger partial charge in [-0.05, 0) is 23.8 Å². The fourth-order valence-electron chi connectivity index (χ4n) is 2.77. The molecule has 0 radical (unpaired) electrons. The minimum absolute atomic E-state index is 0.0949. The van der Waals surface area contributed by atoms with Gasteiger partial charge in [0.2, 0.25) is 0 Å². The molecule has 24 heavy (non-hydrogen) atoms. The van der Waals surface area contributed by atoms with Crippen molar-refractivity contribution < 1.29 is 9.53 Å². The molecule has 2 aromatic rings. The fourth-order valence-corrected chi connectivity index (χ4v) is 2.77. The summed E-state index contributed by atoms with van der Waals surface area (Å²) in [4.78, 5) is 14.3. The Balaban J connectivity index is 1.61. The van der Waals surface area contributed by atoms with Crippen LogP contribution in [0, 0.1) is 0 Å². The molecule has 3 N–H and O–H groups in total. The summed E-state index contributed by atoms with van der Waals surface area (Å²) in [5.74, 6) is 0.901. The van der Waals surface area contributed by atoms with E-state index >= 15 is 0 Å². The van der Waals surface area contributed by atoms with Crippen LogP contribution in [0.3, 0.4) is 0 Å². The van der Waals surface area contributed by atoms with Crippen molar-refractivity contribution in [2.45, 2.75) is 13.2 Å². The Morgan fingerprint density at radius 1 is 1.08 bits per heavy atom. The highest BCUT2D eigenvalue weighted by molar-refractivity contribution is 5.94. The van der Waals surface area contributed by atoms with Gasteiger partial charge in [-0.2, -0.15) is 0 Å². The Hall–Kier alpha value is -2.37. The molecule has 1 amide bonds. The van der Waals surface area contributed by atoms with Gasteiger partial charge in [-0.3, -0.25) is 4.79 Å². The number of ether oxygens (including phenoxy) is 1. The van der Waals surface area contributed by atoms with E-state index in [-0.39, 0.29) is 5.91 Å². The number of amides is 1. The van der Waals surface area contributed by atoms with Crippen LogP contribution in [0.15, 0.2) is 48.5 Å². The molecule has 1 saturated heterocycles. The minimum atomic E-state index is 0.0949. The van der Waals surface area contributed by atoms with E-state index in [1.165, 1.54) is 0 Å². The standard InChI is InChI=1S/C19H23N3O2/c20-13-17-3-1-2-4-18(17)24-14-15-5-7-16(8-6-15)19(23)22-11-9-21-10-12-22/h1-8,21H,9-14,20H2. The van der Waals surface area contributed by atoms with Crippen LogP contribution in [0.5, 0.6) is 5.75 Å². The van der Waals surface area contributed by atoms with Crippen LogP contribution in [-0.2, 0) is 13.2 Å². The van der Waals surface area contributed by atoms with Crippen molar-refractivity contribution in [1.29, 1.82) is 0 Å². The van der Waals surface area contributed by atoms with Crippen molar-refractivity contribution in [2.75, 3.05) is 26.2 Å². The van der Waals surface area contributed by atoms with Crippen molar-refractivity contribution in [2.24, 2.45) is 5.73 Å². The molecule has 0 atom stereocenters. The topological polar surface area (TPSA) is 67.6 Å². The zero-order valence-corrected chi connectivity index (χ0v) is 13.7. The lowest BCUT2D eigenvalue weighted by Crippen LogP contribution is -2.46. The van der Waals surface area contributed by atoms with Crippen LogP contribution in [0.2, 0.25) is 0 Å². The smallest absolute Gasteiger partial charge is 0.253 e. The van der Waals surface area contributed by atoms with Gasteiger partial charge in [0.1, 0.15) is 12.4 Å². The highest BCUT2D eigenvalue weighted by Crippen LogP contribution is 2.19. The molecule has 0 aliphatic carbocycles. The van der Waals surface area contributed by atoms with Gasteiger partial charge in [0.25, 0.3) is 5.91 Å². The van der Waals surface area contributed by atoms with Gasteiger partial charge >= 0.3 is 0 Å². The lowest BCUT2D eigenvalue weighted by molar-refractivity contribution is 0.0736. The van der Waals surface area contributed by atoms with E-state index in [2.05, 4.69) is 5.32 Å². The van der Waals surface area contributed by atoms with Crippen molar-refractivity contribution in [3.05, 3.63) is 65.2 Å². The van der Waals surface area contributed by atoms with Crippen LogP contribution in [0.25, 0.3) is 0 Å². The predicted octanol–water partition coefficient (Wildman–Crippen LogP) is 1.77. The van der Waals surface area contributed by atoms with Gasteiger partial charge in [0.05, 0.1) is 0 Å². The van der Waals surface area contributed by atoms with Crippen LogP contribution >= 0.6 is 0 Å². The molecule has 0 saturated carbocycles. The Morgan fingerprint density at radius 2 is 1.79 bits per heavy atom. The molecular formula is C19H23N3O2. The van der Waals surface area contributed by atoms with E-state index in [1.54, 1.807) is 0 Å². The third kappa shape index (κ3) is 3.93. The first kappa shape index (κ1) is 16.5. The highest BCUT2D eigenvalue weighted by atomic mass is 16.5. The molecule has 1 aliphatic rings. The summed E-state index contributed by atoms with van der Waals surface area (Å²) in [6, 6.07) is 15.4. The summed E-state index contributed by atoms with van der Waals surface area (Å²) in [7, 11) is 0. The van der Waals surface area contributed by atoms with E-state index in [0.29, 0.717) is 13.2 Å². The molecule has 0 bridgehead atoms. The summed E-state index contributed by atoms with van der Waals surface area (Å²) in [5.41, 5.74) is 8.46. The van der Waals surface area contributed by atoms with E-state index in [4.69, 9.17) is 10.5 Å². The zero-order chi connectivity index (χ0) is 16.8. The lowest BCUT2D eigenvalue weighted by atomic mass is 10.1. The largest absolute Gasteiger partial charge is 0.489 e. The number of nitrogens with two attached hydrogens (primary N) is 1. The number of nitrogens with zero attached hydrogens (tertiary/aromatic N) is 1. The summed E-state index contributed by atoms with van der Waals surface area (Å²) in [6.45, 7) is 4.16. The Kier molecular flexibility index (Phi) is 5.46. The van der Waals surface area contributed by atoms with Gasteiger partial charge in [-0.25, -0.2) is 0 Å². The monoisotopic (exact) mass is 325 g/mol. The Labute approximate surface area is 142 Å². The molecule has 5 nitrogen and oxygen atoms in total. The van der Waals surface area contributed by atoms with Gasteiger partial charge in [0, 0.05) is 43.9 Å². The average Bonchev–Trinajstić information content (AvgIpc) is 2.67. The third-order valence-electron chi connectivity index (χ3n) is 4.19. The van der Waals surface area contributed by atoms with Crippen molar-refractivity contribution >= 4 is 5.91 Å². The molecule has 126 valence electrons. The lowest BCUT2D eigenvalue weighted by Gasteiger charge is -2.27. The molecule has 2 aromatic carbocycles. The minimum Gasteiger partial charge on any atom is -0.489 e. The highest BCUT2D eigenvalue weighted by Gasteiger charge is 2.17. The third-order valence-corrected chi connectivity index (χ3v) is 4.19. The first-order chi connectivity index (χ1) is 11.8. The number of carbonyl (C=O) groups excluding carboxylic acids is 1. The SMILES string of the molecule is NCc1ccccc1OCc1ccc(C(=O)N2CCNCC2)cc1. The summed E-state index contributed by atoms with van der Waals surface area (Å²) >= 11 is 0. The molecule has 5 heteroatoms. The number of carbonyl (C=O) groups is 1. The van der Waals surface area contributed by atoms with E-state index in [0.717, 1.165) is 48.6 Å². The number of hydrogen-bond acceptors (Lipinski definition) is 4. The first-order valence-corrected chi connectivity index (χ1v) is 8.27. The second kappa shape index (κ2) is 7.95. The maximum atomic E-state index is 12.4. The number of nitrogens with one attached hydrogen (secondary N) is 1. The van der Waals surface area contributed by atoms with Crippen molar-refractivity contribution in [3.8, 4) is 5.75 Å². The van der Waals surface area contributed by atoms with E-state index in [9.17, 15) is 4.79 Å². The maximum absolute atomic E-state index is 12.4. The van der Waals surface area contributed by atoms with Crippen LogP contribution in [-0.4, -0.2) is 37.0 Å². The van der Waals surface area contributed by atoms with Gasteiger partial charge in [0.15, 0.2) is 0 Å². The molecule has 0 unspecified atom stereocenters. The zero-order valence-electron chi connectivity index (χ0n) is 13.7. The molecule has 3 rings (SSSR count). The van der Waals surface area contributed by atoms with Crippen molar-refractivity contribution in [1.82, 2.24) is 10.2 Å². The maximum Gasteiger partial charge on any atom is 0.253 e. The molecule has 1 fully saturated rings. The molecule has 0 spiro atoms. The number of para-hydroxylation sites is 1. The van der Waals surface area contributed by atoms with Gasteiger partial charge < -0.3 is 20.7 Å². The van der Waals surface area contributed by atoms with Crippen LogP contribution < -0.4 is 15.8 Å². The summed E-state index contributed by atoms with van der Waals surface area (Å²) in [6.07, 6.45) is 0. The quantitative estimate of drug-likeness (QED) is 0.879. The predicted molar refractivity (Wildman–Crippen MR) is 93.9 cm³/mol. The summed E-state index contributed by atoms with van der Waals surface area (Å²) < 4.78 is 5.85. The second-order valence-corrected chi connectivity index (χ2v) is 5.84. The number of hydrogen-bond donors (Lipinski definition) is 2. The number of rotatable bonds is 5. The molecule has 0 aromatic heterocycles. The first-order valence-electron chi connectivity index (χ1n) is 8.27. The molecule has 1 heterocycles. The van der Waals surface area contributed by atoms with Crippen molar-refractivity contribution in [3.63, 3.8) is 0 Å². The Morgan fingerprint density at radius 3 is 2.50 bits per heavy atom. The van der Waals surface area contributed by atoms with E-state index in [1.807, 2.05) is 53.4 Å². The normalized spacial score (nSPS) is 14.5. The average molecular weight is 325 g/mol. The van der Waals surface area contributed by atoms with Gasteiger partial charge in [-0.15, -0.1) is 0 Å². The number of piperazine rings is 1. The molecular weight excluding hydrogens is 302 g/mol. The van der Waals surface area contributed by atoms with E-state index < -0.39 is 0 Å². The number of benzene rings is 2. The molecule has 1 aliphatic heterocycles. The fraction of sp³-hybridized carbons (Fsp3) is 0.316. The Bertz CT molecular complexity index is 679. The second-order valence-electron chi connectivity index (χ2n) is 5.84. The van der Waals surface area contributed by atoms with Gasteiger partial charge in [-0.1, -0.05) is 30.3 Å². The van der Waals surface area contributed by atoms with Crippen LogP contribution in [0.4, 0.5) is 0 Å². The van der Waals surface area contributed by atoms with Crippen LogP contribution in [0.1, 0.15) is 21.5 Å². The summed E-state index contributed by atoms with van der Waals surface area (Å²) in [5, 5.41) is 3.25.